The lowest BCUT2D eigenvalue weighted by atomic mass is 10.1. The van der Waals surface area contributed by atoms with Gasteiger partial charge in [0, 0.05) is 29.1 Å². The Morgan fingerprint density at radius 2 is 1.50 bits per heavy atom. The number of carbonyl (C=O) groups excluding carboxylic acids is 1. The summed E-state index contributed by atoms with van der Waals surface area (Å²) in [5.74, 6) is 2.93. The fourth-order valence-corrected chi connectivity index (χ4v) is 2.54. The van der Waals surface area contributed by atoms with Crippen LogP contribution in [0.3, 0.4) is 0 Å². The number of halogens is 1. The van der Waals surface area contributed by atoms with E-state index in [-0.39, 0.29) is 6.09 Å². The van der Waals surface area contributed by atoms with Crippen LogP contribution in [0.25, 0.3) is 0 Å². The molecule has 0 N–H and O–H groups in total. The van der Waals surface area contributed by atoms with Gasteiger partial charge in [-0.15, -0.1) is 0 Å². The van der Waals surface area contributed by atoms with Gasteiger partial charge in [0.1, 0.15) is 0 Å². The summed E-state index contributed by atoms with van der Waals surface area (Å²) < 4.78 is 7.87. The van der Waals surface area contributed by atoms with Crippen molar-refractivity contribution in [1.29, 1.82) is 0 Å². The molecule has 0 aliphatic heterocycles. The van der Waals surface area contributed by atoms with Crippen LogP contribution in [-0.4, -0.2) is 30.7 Å². The van der Waals surface area contributed by atoms with E-state index in [1.807, 2.05) is 29.5 Å². The van der Waals surface area contributed by atoms with Crippen LogP contribution in [0.15, 0.2) is 0 Å². The minimum absolute atomic E-state index is 0.238. The third-order valence-corrected chi connectivity index (χ3v) is 4.03. The summed E-state index contributed by atoms with van der Waals surface area (Å²) >= 11 is 2.00. The van der Waals surface area contributed by atoms with Gasteiger partial charge in [-0.1, -0.05) is 70.6 Å². The van der Waals surface area contributed by atoms with E-state index in [0.717, 1.165) is 13.0 Å². The quantitative estimate of drug-likeness (QED) is 0.215. The molecule has 0 heterocycles. The van der Waals surface area contributed by atoms with Crippen molar-refractivity contribution in [2.24, 2.45) is 0 Å². The van der Waals surface area contributed by atoms with E-state index >= 15 is 0 Å². The Hall–Kier alpha value is -0.440. The molecule has 0 aliphatic rings. The SMILES string of the molecule is CCCCCCCCCCCCN(CC#CI)C(=O)OCC. The van der Waals surface area contributed by atoms with E-state index in [4.69, 9.17) is 4.74 Å². The maximum Gasteiger partial charge on any atom is 0.410 e. The first kappa shape index (κ1) is 21.6. The average molecular weight is 421 g/mol. The lowest BCUT2D eigenvalue weighted by molar-refractivity contribution is 0.111. The summed E-state index contributed by atoms with van der Waals surface area (Å²) in [6.45, 7) is 5.73. The molecule has 0 atom stereocenters. The first-order valence-electron chi connectivity index (χ1n) is 8.76. The van der Waals surface area contributed by atoms with Crippen LogP contribution in [0, 0.1) is 9.85 Å². The normalized spacial score (nSPS) is 9.95. The van der Waals surface area contributed by atoms with Crippen molar-refractivity contribution < 1.29 is 9.53 Å². The molecule has 0 fully saturated rings. The molecule has 0 saturated carbocycles. The van der Waals surface area contributed by atoms with E-state index in [1.54, 1.807) is 4.90 Å². The van der Waals surface area contributed by atoms with Crippen LogP contribution in [0.1, 0.15) is 78.1 Å². The van der Waals surface area contributed by atoms with Crippen molar-refractivity contribution in [3.63, 3.8) is 0 Å². The Kier molecular flexibility index (Phi) is 16.6. The van der Waals surface area contributed by atoms with Gasteiger partial charge in [0.2, 0.25) is 0 Å². The molecule has 0 rings (SSSR count). The third-order valence-electron chi connectivity index (χ3n) is 3.64. The van der Waals surface area contributed by atoms with Crippen LogP contribution in [0.2, 0.25) is 0 Å². The Bertz CT molecular complexity index is 323. The van der Waals surface area contributed by atoms with Gasteiger partial charge in [-0.2, -0.15) is 0 Å². The molecule has 4 heteroatoms. The molecule has 0 aromatic carbocycles. The molecule has 0 radical (unpaired) electrons. The molecule has 1 amide bonds. The minimum atomic E-state index is -0.238. The molecule has 0 aromatic heterocycles. The number of ether oxygens (including phenoxy) is 1. The summed E-state index contributed by atoms with van der Waals surface area (Å²) in [6.07, 6.45) is 12.8. The van der Waals surface area contributed by atoms with Gasteiger partial charge < -0.3 is 4.74 Å². The first-order valence-corrected chi connectivity index (χ1v) is 9.84. The van der Waals surface area contributed by atoms with Crippen LogP contribution in [0.4, 0.5) is 4.79 Å². The third kappa shape index (κ3) is 13.2. The predicted molar refractivity (Wildman–Crippen MR) is 102 cm³/mol. The van der Waals surface area contributed by atoms with E-state index in [1.165, 1.54) is 57.8 Å². The Morgan fingerprint density at radius 3 is 2.00 bits per heavy atom. The second-order valence-corrected chi connectivity index (χ2v) is 6.11. The van der Waals surface area contributed by atoms with Gasteiger partial charge >= 0.3 is 6.09 Å². The molecular weight excluding hydrogens is 389 g/mol. The molecule has 128 valence electrons. The largest absolute Gasteiger partial charge is 0.450 e. The number of carbonyl (C=O) groups is 1. The van der Waals surface area contributed by atoms with Gasteiger partial charge in [-0.3, -0.25) is 4.90 Å². The molecule has 0 spiro atoms. The molecule has 0 unspecified atom stereocenters. The van der Waals surface area contributed by atoms with Crippen LogP contribution >= 0.6 is 22.6 Å². The highest BCUT2D eigenvalue weighted by atomic mass is 127. The fraction of sp³-hybridized carbons (Fsp3) is 0.833. The van der Waals surface area contributed by atoms with Gasteiger partial charge in [0.25, 0.3) is 0 Å². The van der Waals surface area contributed by atoms with Gasteiger partial charge in [0.05, 0.1) is 13.2 Å². The molecule has 3 nitrogen and oxygen atoms in total. The van der Waals surface area contributed by atoms with Gasteiger partial charge in [0.15, 0.2) is 0 Å². The zero-order chi connectivity index (χ0) is 16.5. The number of amides is 1. The molecular formula is C18H32INO2. The van der Waals surface area contributed by atoms with E-state index in [9.17, 15) is 4.79 Å². The Balaban J connectivity index is 3.62. The van der Waals surface area contributed by atoms with Crippen molar-refractivity contribution in [2.45, 2.75) is 78.1 Å². The molecule has 0 aromatic rings. The summed E-state index contributed by atoms with van der Waals surface area (Å²) in [6, 6.07) is 0. The molecule has 22 heavy (non-hydrogen) atoms. The molecule has 0 saturated heterocycles. The zero-order valence-electron chi connectivity index (χ0n) is 14.3. The first-order chi connectivity index (χ1) is 10.8. The highest BCUT2D eigenvalue weighted by Gasteiger charge is 2.12. The van der Waals surface area contributed by atoms with Crippen molar-refractivity contribution in [3.05, 3.63) is 0 Å². The number of nitrogens with zero attached hydrogens (tertiary/aromatic N) is 1. The number of unbranched alkanes of at least 4 members (excludes halogenated alkanes) is 9. The average Bonchev–Trinajstić information content (AvgIpc) is 2.52. The van der Waals surface area contributed by atoms with Crippen LogP contribution in [-0.2, 0) is 4.74 Å². The topological polar surface area (TPSA) is 29.5 Å². The lowest BCUT2D eigenvalue weighted by Crippen LogP contribution is -2.33. The van der Waals surface area contributed by atoms with Gasteiger partial charge in [-0.05, 0) is 17.3 Å². The second kappa shape index (κ2) is 16.9. The maximum absolute atomic E-state index is 11.8. The Labute approximate surface area is 150 Å². The van der Waals surface area contributed by atoms with Crippen LogP contribution in [0.5, 0.6) is 0 Å². The smallest absolute Gasteiger partial charge is 0.410 e. The second-order valence-electron chi connectivity index (χ2n) is 5.57. The maximum atomic E-state index is 11.8. The lowest BCUT2D eigenvalue weighted by Gasteiger charge is -2.19. The Morgan fingerprint density at radius 1 is 0.955 bits per heavy atom. The summed E-state index contributed by atoms with van der Waals surface area (Å²) in [5.41, 5.74) is 0. The summed E-state index contributed by atoms with van der Waals surface area (Å²) in [4.78, 5) is 13.5. The van der Waals surface area contributed by atoms with Crippen LogP contribution < -0.4 is 0 Å². The number of hydrogen-bond acceptors (Lipinski definition) is 2. The zero-order valence-corrected chi connectivity index (χ0v) is 16.5. The summed E-state index contributed by atoms with van der Waals surface area (Å²) in [5, 5.41) is 0. The van der Waals surface area contributed by atoms with Crippen molar-refractivity contribution >= 4 is 28.7 Å². The summed E-state index contributed by atoms with van der Waals surface area (Å²) in [7, 11) is 0. The standard InChI is InChI=1S/C18H32INO2/c1-3-5-6-7-8-9-10-11-12-13-16-20(17-14-15-19)18(21)22-4-2/h3-13,16-17H2,1-2H3. The monoisotopic (exact) mass is 421 g/mol. The van der Waals surface area contributed by atoms with E-state index < -0.39 is 0 Å². The predicted octanol–water partition coefficient (Wildman–Crippen LogP) is 5.76. The van der Waals surface area contributed by atoms with Crippen molar-refractivity contribution in [3.8, 4) is 9.85 Å². The van der Waals surface area contributed by atoms with Crippen molar-refractivity contribution in [1.82, 2.24) is 4.90 Å². The number of hydrogen-bond donors (Lipinski definition) is 0. The van der Waals surface area contributed by atoms with Crippen molar-refractivity contribution in [2.75, 3.05) is 19.7 Å². The highest BCUT2D eigenvalue weighted by molar-refractivity contribution is 14.1. The molecule has 0 bridgehead atoms. The van der Waals surface area contributed by atoms with E-state index in [2.05, 4.69) is 16.8 Å². The number of rotatable bonds is 13. The highest BCUT2D eigenvalue weighted by Crippen LogP contribution is 2.11. The van der Waals surface area contributed by atoms with Gasteiger partial charge in [-0.25, -0.2) is 4.79 Å². The molecule has 0 aliphatic carbocycles. The minimum Gasteiger partial charge on any atom is -0.450 e. The fourth-order valence-electron chi connectivity index (χ4n) is 2.37. The van der Waals surface area contributed by atoms with E-state index in [0.29, 0.717) is 13.2 Å².